The molecule has 1 aromatic rings. The number of esters is 2. The van der Waals surface area contributed by atoms with Crippen LogP contribution in [0.5, 0.6) is 0 Å². The molecule has 0 aromatic carbocycles. The summed E-state index contributed by atoms with van der Waals surface area (Å²) >= 11 is 0. The summed E-state index contributed by atoms with van der Waals surface area (Å²) in [6, 6.07) is 0. The Balaban J connectivity index is 2.52. The molecule has 0 saturated carbocycles. The first-order valence-electron chi connectivity index (χ1n) is 26.4. The van der Waals surface area contributed by atoms with Crippen molar-refractivity contribution in [2.75, 3.05) is 53.5 Å². The van der Waals surface area contributed by atoms with E-state index in [1.165, 1.54) is 103 Å². The second kappa shape index (κ2) is 42.0. The molecule has 61 heavy (non-hydrogen) atoms. The van der Waals surface area contributed by atoms with E-state index in [9.17, 15) is 9.59 Å². The maximum absolute atomic E-state index is 13.1. The Morgan fingerprint density at radius 3 is 1.31 bits per heavy atom. The molecule has 0 radical (unpaired) electrons. The van der Waals surface area contributed by atoms with Crippen LogP contribution in [0.15, 0.2) is 6.20 Å². The molecule has 2 unspecified atom stereocenters. The van der Waals surface area contributed by atoms with E-state index in [0.717, 1.165) is 148 Å². The summed E-state index contributed by atoms with van der Waals surface area (Å²) in [6.07, 6.45) is 40.5. The van der Waals surface area contributed by atoms with Gasteiger partial charge < -0.3 is 19.3 Å². The number of aromatic nitrogens is 3. The van der Waals surface area contributed by atoms with Crippen molar-refractivity contribution < 1.29 is 19.1 Å². The lowest BCUT2D eigenvalue weighted by atomic mass is 9.94. The van der Waals surface area contributed by atoms with E-state index in [4.69, 9.17) is 9.47 Å². The van der Waals surface area contributed by atoms with Crippen LogP contribution in [0, 0.1) is 11.8 Å². The molecule has 1 aromatic heterocycles. The number of rotatable bonds is 46. The summed E-state index contributed by atoms with van der Waals surface area (Å²) in [7, 11) is 4.18. The summed E-state index contributed by atoms with van der Waals surface area (Å²) in [4.78, 5) is 31.0. The Morgan fingerprint density at radius 2 is 0.885 bits per heavy atom. The van der Waals surface area contributed by atoms with Crippen LogP contribution in [0.3, 0.4) is 0 Å². The maximum atomic E-state index is 13.1. The fourth-order valence-electron chi connectivity index (χ4n) is 8.38. The number of nitrogens with zero attached hydrogens (tertiary/aromatic N) is 5. The van der Waals surface area contributed by atoms with Gasteiger partial charge in [-0.15, -0.1) is 5.10 Å². The molecule has 2 atom stereocenters. The van der Waals surface area contributed by atoms with Gasteiger partial charge in [0.25, 0.3) is 0 Å². The van der Waals surface area contributed by atoms with Crippen LogP contribution in [0.2, 0.25) is 0 Å². The third-order valence-electron chi connectivity index (χ3n) is 12.6. The first kappa shape index (κ1) is 57.0. The van der Waals surface area contributed by atoms with E-state index in [1.54, 1.807) is 0 Å². The average molecular weight is 860 g/mol. The zero-order valence-electron chi connectivity index (χ0n) is 41.4. The lowest BCUT2D eigenvalue weighted by Gasteiger charge is -2.22. The molecule has 1 heterocycles. The van der Waals surface area contributed by atoms with E-state index < -0.39 is 0 Å². The number of unbranched alkanes of at least 4 members (excludes halogenated alkanes) is 22. The van der Waals surface area contributed by atoms with Crippen molar-refractivity contribution in [1.29, 1.82) is 0 Å². The van der Waals surface area contributed by atoms with E-state index >= 15 is 0 Å². The first-order chi connectivity index (χ1) is 29.8. The Kier molecular flexibility index (Phi) is 39.2. The number of likely N-dealkylation sites (N-methyl/N-ethyl adjacent to an activating group) is 1. The number of hydrogen-bond acceptors (Lipinski definition) is 8. The van der Waals surface area contributed by atoms with Crippen LogP contribution in [0.1, 0.15) is 239 Å². The monoisotopic (exact) mass is 860 g/mol. The number of carbonyl (C=O) groups is 2. The van der Waals surface area contributed by atoms with Gasteiger partial charge in [-0.25, -0.2) is 0 Å². The van der Waals surface area contributed by atoms with Gasteiger partial charge in [0, 0.05) is 25.7 Å². The fourth-order valence-corrected chi connectivity index (χ4v) is 8.38. The van der Waals surface area contributed by atoms with E-state index in [2.05, 4.69) is 68.1 Å². The zero-order valence-corrected chi connectivity index (χ0v) is 41.4. The summed E-state index contributed by atoms with van der Waals surface area (Å²) in [5.74, 6) is 0.270. The second-order valence-corrected chi connectivity index (χ2v) is 18.7. The van der Waals surface area contributed by atoms with Gasteiger partial charge in [-0.2, -0.15) is 0 Å². The molecule has 358 valence electrons. The van der Waals surface area contributed by atoms with Crippen LogP contribution in [-0.4, -0.2) is 90.2 Å². The quantitative estimate of drug-likeness (QED) is 0.0473. The Bertz CT molecular complexity index is 1060. The van der Waals surface area contributed by atoms with E-state index in [1.807, 2.05) is 4.68 Å². The smallest absolute Gasteiger partial charge is 0.308 e. The minimum absolute atomic E-state index is 0.0536. The third kappa shape index (κ3) is 34.1. The molecule has 9 nitrogen and oxygen atoms in total. The molecule has 0 amide bonds. The fraction of sp³-hybridized carbons (Fsp3) is 0.923. The van der Waals surface area contributed by atoms with Crippen molar-refractivity contribution in [3.8, 4) is 0 Å². The highest BCUT2D eigenvalue weighted by molar-refractivity contribution is 5.72. The standard InChI is InChI=1S/C52H101N5O4/c1-7-11-15-19-21-29-37-48(35-27-17-13-9-3)51(58)60-45-33-25-23-31-40-56(43-44-57-47-50(53-54-57)39-42-55(5)6)41-32-24-26-34-46-61-52(59)49(36-28-18-14-10-4)38-30-22-20-16-12-8-2/h47-49H,7-46H2,1-6H3. The van der Waals surface area contributed by atoms with Crippen molar-refractivity contribution in [2.45, 2.75) is 246 Å². The van der Waals surface area contributed by atoms with Gasteiger partial charge in [-0.05, 0) is 78.6 Å². The molecular weight excluding hydrogens is 759 g/mol. The Labute approximate surface area is 378 Å². The van der Waals surface area contributed by atoms with Crippen molar-refractivity contribution in [3.05, 3.63) is 11.9 Å². The average Bonchev–Trinajstić information content (AvgIpc) is 3.72. The molecule has 0 N–H and O–H groups in total. The van der Waals surface area contributed by atoms with Crippen LogP contribution in [0.25, 0.3) is 0 Å². The normalized spacial score (nSPS) is 12.7. The zero-order chi connectivity index (χ0) is 44.4. The van der Waals surface area contributed by atoms with Crippen molar-refractivity contribution in [2.24, 2.45) is 11.8 Å². The molecule has 1 rings (SSSR count). The highest BCUT2D eigenvalue weighted by atomic mass is 16.5. The van der Waals surface area contributed by atoms with Gasteiger partial charge in [0.2, 0.25) is 0 Å². The van der Waals surface area contributed by atoms with Gasteiger partial charge in [0.15, 0.2) is 0 Å². The number of hydrogen-bond donors (Lipinski definition) is 0. The molecular formula is C52H101N5O4. The van der Waals surface area contributed by atoms with Gasteiger partial charge in [0.05, 0.1) is 37.3 Å². The van der Waals surface area contributed by atoms with E-state index in [-0.39, 0.29) is 23.8 Å². The van der Waals surface area contributed by atoms with Crippen LogP contribution >= 0.6 is 0 Å². The molecule has 0 aliphatic rings. The predicted octanol–water partition coefficient (Wildman–Crippen LogP) is 13.6. The van der Waals surface area contributed by atoms with Gasteiger partial charge in [0.1, 0.15) is 0 Å². The SMILES string of the molecule is CCCCCCCCC(CCCCCC)C(=O)OCCCCCCN(CCCCCCOC(=O)C(CCCCCC)CCCCCCCC)CCn1cc(CCN(C)C)nn1. The van der Waals surface area contributed by atoms with Crippen molar-refractivity contribution in [1.82, 2.24) is 24.8 Å². The minimum Gasteiger partial charge on any atom is -0.465 e. The molecule has 0 fully saturated rings. The van der Waals surface area contributed by atoms with Gasteiger partial charge >= 0.3 is 11.9 Å². The van der Waals surface area contributed by atoms with E-state index in [0.29, 0.717) is 13.2 Å². The van der Waals surface area contributed by atoms with Gasteiger partial charge in [-0.1, -0.05) is 187 Å². The Morgan fingerprint density at radius 1 is 0.508 bits per heavy atom. The number of carbonyl (C=O) groups excluding carboxylic acids is 2. The van der Waals surface area contributed by atoms with Crippen molar-refractivity contribution in [3.63, 3.8) is 0 Å². The third-order valence-corrected chi connectivity index (χ3v) is 12.6. The Hall–Kier alpha value is -2.00. The maximum Gasteiger partial charge on any atom is 0.308 e. The predicted molar refractivity (Wildman–Crippen MR) is 258 cm³/mol. The molecule has 0 spiro atoms. The summed E-state index contributed by atoms with van der Waals surface area (Å²) in [5, 5.41) is 8.85. The van der Waals surface area contributed by atoms with Crippen LogP contribution in [0.4, 0.5) is 0 Å². The molecule has 0 bridgehead atoms. The highest BCUT2D eigenvalue weighted by Gasteiger charge is 2.20. The van der Waals surface area contributed by atoms with Gasteiger partial charge in [-0.3, -0.25) is 14.3 Å². The molecule has 0 aliphatic heterocycles. The van der Waals surface area contributed by atoms with Crippen LogP contribution < -0.4 is 0 Å². The lowest BCUT2D eigenvalue weighted by Crippen LogP contribution is -2.30. The molecule has 0 aliphatic carbocycles. The summed E-state index contributed by atoms with van der Waals surface area (Å²) in [5.41, 5.74) is 1.05. The molecule has 0 saturated heterocycles. The second-order valence-electron chi connectivity index (χ2n) is 18.7. The topological polar surface area (TPSA) is 89.8 Å². The highest BCUT2D eigenvalue weighted by Crippen LogP contribution is 2.22. The first-order valence-corrected chi connectivity index (χ1v) is 26.4. The largest absolute Gasteiger partial charge is 0.465 e. The lowest BCUT2D eigenvalue weighted by molar-refractivity contribution is -0.150. The van der Waals surface area contributed by atoms with Crippen LogP contribution in [-0.2, 0) is 32.0 Å². The number of ether oxygens (including phenoxy) is 2. The molecule has 9 heteroatoms. The summed E-state index contributed by atoms with van der Waals surface area (Å²) < 4.78 is 13.8. The van der Waals surface area contributed by atoms with Crippen molar-refractivity contribution >= 4 is 11.9 Å². The minimum atomic E-state index is 0.0536. The summed E-state index contributed by atoms with van der Waals surface area (Å²) in [6.45, 7) is 15.0.